The highest BCUT2D eigenvalue weighted by atomic mass is 35.5. The third kappa shape index (κ3) is 1.16. The van der Waals surface area contributed by atoms with Crippen LogP contribution in [0.2, 0.25) is 5.02 Å². The van der Waals surface area contributed by atoms with Gasteiger partial charge < -0.3 is 4.57 Å². The predicted molar refractivity (Wildman–Crippen MR) is 58.7 cm³/mol. The maximum absolute atomic E-state index is 10.8. The van der Waals surface area contributed by atoms with Gasteiger partial charge in [-0.2, -0.15) is 0 Å². The fourth-order valence-corrected chi connectivity index (χ4v) is 1.78. The van der Waals surface area contributed by atoms with E-state index in [1.54, 1.807) is 23.7 Å². The first-order chi connectivity index (χ1) is 6.65. The van der Waals surface area contributed by atoms with Crippen molar-refractivity contribution in [2.45, 2.75) is 0 Å². The van der Waals surface area contributed by atoms with Crippen molar-refractivity contribution < 1.29 is 4.79 Å². The Labute approximate surface area is 87.9 Å². The number of rotatable bonds is 1. The van der Waals surface area contributed by atoms with E-state index in [1.165, 1.54) is 0 Å². The van der Waals surface area contributed by atoms with Crippen LogP contribution in [0.25, 0.3) is 10.9 Å². The van der Waals surface area contributed by atoms with E-state index in [9.17, 15) is 4.79 Å². The van der Waals surface area contributed by atoms with Crippen molar-refractivity contribution in [3.8, 4) is 0 Å². The molecule has 0 aliphatic carbocycles. The monoisotopic (exact) mass is 203 g/mol. The third-order valence-electron chi connectivity index (χ3n) is 2.36. The van der Waals surface area contributed by atoms with Crippen molar-refractivity contribution in [2.24, 2.45) is 7.05 Å². The zero-order valence-electron chi connectivity index (χ0n) is 7.62. The highest BCUT2D eigenvalue weighted by Gasteiger charge is 2.09. The number of hydrogen-bond acceptors (Lipinski definition) is 1. The smallest absolute Gasteiger partial charge is 0.165 e. The summed E-state index contributed by atoms with van der Waals surface area (Å²) in [5, 5.41) is 1.44. The van der Waals surface area contributed by atoms with Gasteiger partial charge in [-0.3, -0.25) is 4.79 Å². The molecule has 0 bridgehead atoms. The zero-order valence-corrected chi connectivity index (χ0v) is 8.38. The summed E-state index contributed by atoms with van der Waals surface area (Å²) in [5.41, 5.74) is 1.89. The topological polar surface area (TPSA) is 22.0 Å². The van der Waals surface area contributed by atoms with Crippen LogP contribution in [-0.2, 0) is 7.05 Å². The minimum absolute atomic E-state index is 0.486. The molecule has 1 aromatic carbocycles. The van der Waals surface area contributed by atoms with Crippen molar-refractivity contribution >= 4 is 42.1 Å². The molecule has 0 spiro atoms. The summed E-state index contributed by atoms with van der Waals surface area (Å²) in [4.78, 5) is 10.8. The van der Waals surface area contributed by atoms with Gasteiger partial charge in [-0.05, 0) is 23.6 Å². The summed E-state index contributed by atoms with van der Waals surface area (Å²) in [7, 11) is 7.61. The molecule has 0 aliphatic rings. The molecule has 0 atom stereocenters. The first-order valence-corrected chi connectivity index (χ1v) is 4.51. The quantitative estimate of drug-likeness (QED) is 0.508. The summed E-state index contributed by atoms with van der Waals surface area (Å²) in [6.45, 7) is 0. The van der Waals surface area contributed by atoms with Crippen LogP contribution in [0, 0.1) is 0 Å². The number of fused-ring (bicyclic) bond motifs is 1. The average Bonchev–Trinajstić information content (AvgIpc) is 2.39. The average molecular weight is 203 g/mol. The van der Waals surface area contributed by atoms with Gasteiger partial charge in [-0.25, -0.2) is 0 Å². The molecule has 0 amide bonds. The van der Waals surface area contributed by atoms with Crippen LogP contribution in [0.4, 0.5) is 0 Å². The third-order valence-corrected chi connectivity index (χ3v) is 2.59. The lowest BCUT2D eigenvalue weighted by Gasteiger charge is -1.97. The van der Waals surface area contributed by atoms with E-state index in [0.717, 1.165) is 17.2 Å². The normalized spacial score (nSPS) is 10.7. The Morgan fingerprint density at radius 2 is 2.21 bits per heavy atom. The fraction of sp³-hybridized carbons (Fsp3) is 0.100. The van der Waals surface area contributed by atoms with Gasteiger partial charge in [-0.1, -0.05) is 17.1 Å². The first kappa shape index (κ1) is 9.34. The van der Waals surface area contributed by atoms with Gasteiger partial charge in [0.15, 0.2) is 6.29 Å². The second kappa shape index (κ2) is 3.17. The van der Waals surface area contributed by atoms with Crippen molar-refractivity contribution in [3.63, 3.8) is 0 Å². The SMILES string of the molecule is [B]c1c(C=O)n(C)c2ccc(Cl)cc12. The summed E-state index contributed by atoms with van der Waals surface area (Å²) in [5.74, 6) is 0. The predicted octanol–water partition coefficient (Wildman–Crippen LogP) is 1.44. The van der Waals surface area contributed by atoms with Crippen molar-refractivity contribution in [1.82, 2.24) is 4.57 Å². The Bertz CT molecular complexity index is 518. The van der Waals surface area contributed by atoms with Crippen LogP contribution in [0.3, 0.4) is 0 Å². The fourth-order valence-electron chi connectivity index (χ4n) is 1.61. The lowest BCUT2D eigenvalue weighted by atomic mass is 9.93. The number of aromatic nitrogens is 1. The van der Waals surface area contributed by atoms with Gasteiger partial charge in [0.25, 0.3) is 0 Å². The minimum atomic E-state index is 0.486. The van der Waals surface area contributed by atoms with Crippen LogP contribution >= 0.6 is 11.6 Å². The number of benzene rings is 1. The van der Waals surface area contributed by atoms with Gasteiger partial charge in [0.1, 0.15) is 7.85 Å². The van der Waals surface area contributed by atoms with E-state index >= 15 is 0 Å². The van der Waals surface area contributed by atoms with Crippen LogP contribution in [0.1, 0.15) is 10.5 Å². The molecular weight excluding hydrogens is 196 g/mol. The van der Waals surface area contributed by atoms with Gasteiger partial charge in [0.2, 0.25) is 0 Å². The molecule has 2 nitrogen and oxygen atoms in total. The molecule has 0 saturated heterocycles. The molecule has 0 fully saturated rings. The number of halogens is 1. The first-order valence-electron chi connectivity index (χ1n) is 4.13. The highest BCUT2D eigenvalue weighted by molar-refractivity contribution is 6.42. The van der Waals surface area contributed by atoms with E-state index in [4.69, 9.17) is 19.4 Å². The van der Waals surface area contributed by atoms with E-state index in [1.807, 2.05) is 6.07 Å². The molecule has 14 heavy (non-hydrogen) atoms. The molecule has 1 aromatic heterocycles. The second-order valence-electron chi connectivity index (χ2n) is 3.14. The van der Waals surface area contributed by atoms with Crippen LogP contribution in [-0.4, -0.2) is 18.7 Å². The highest BCUT2D eigenvalue weighted by Crippen LogP contribution is 2.19. The van der Waals surface area contributed by atoms with Gasteiger partial charge in [0, 0.05) is 17.6 Å². The lowest BCUT2D eigenvalue weighted by molar-refractivity contribution is 0.111. The van der Waals surface area contributed by atoms with Crippen LogP contribution in [0.15, 0.2) is 18.2 Å². The van der Waals surface area contributed by atoms with Crippen LogP contribution < -0.4 is 5.46 Å². The largest absolute Gasteiger partial charge is 0.342 e. The number of aryl methyl sites for hydroxylation is 1. The maximum atomic E-state index is 10.8. The Morgan fingerprint density at radius 3 is 2.86 bits per heavy atom. The number of hydrogen-bond donors (Lipinski definition) is 0. The molecule has 0 unspecified atom stereocenters. The molecule has 1 heterocycles. The summed E-state index contributed by atoms with van der Waals surface area (Å²) < 4.78 is 1.76. The standard InChI is InChI=1S/C10H7BClNO/c1-13-8-3-2-6(12)4-7(8)10(11)9(13)5-14/h2-5H,1H3. The maximum Gasteiger partial charge on any atom is 0.165 e. The van der Waals surface area contributed by atoms with E-state index in [0.29, 0.717) is 16.2 Å². The van der Waals surface area contributed by atoms with Gasteiger partial charge >= 0.3 is 0 Å². The molecular formula is C10H7BClNO. The molecule has 0 saturated carbocycles. The van der Waals surface area contributed by atoms with Crippen molar-refractivity contribution in [3.05, 3.63) is 28.9 Å². The van der Waals surface area contributed by atoms with Gasteiger partial charge in [-0.15, -0.1) is 0 Å². The van der Waals surface area contributed by atoms with E-state index < -0.39 is 0 Å². The summed E-state index contributed by atoms with van der Waals surface area (Å²) >= 11 is 5.84. The van der Waals surface area contributed by atoms with Crippen LogP contribution in [0.5, 0.6) is 0 Å². The molecule has 0 N–H and O–H groups in total. The lowest BCUT2D eigenvalue weighted by Crippen LogP contribution is -2.09. The number of carbonyl (C=O) groups excluding carboxylic acids is 1. The van der Waals surface area contributed by atoms with Crippen molar-refractivity contribution in [1.29, 1.82) is 0 Å². The number of carbonyl (C=O) groups is 1. The molecule has 68 valence electrons. The summed E-state index contributed by atoms with van der Waals surface area (Å²) in [6.07, 6.45) is 0.753. The van der Waals surface area contributed by atoms with E-state index in [-0.39, 0.29) is 0 Å². The summed E-state index contributed by atoms with van der Waals surface area (Å²) in [6, 6.07) is 5.39. The number of aldehydes is 1. The zero-order chi connectivity index (χ0) is 10.3. The molecule has 2 rings (SSSR count). The van der Waals surface area contributed by atoms with Crippen molar-refractivity contribution in [2.75, 3.05) is 0 Å². The number of nitrogens with zero attached hydrogens (tertiary/aromatic N) is 1. The molecule has 4 heteroatoms. The minimum Gasteiger partial charge on any atom is -0.342 e. The van der Waals surface area contributed by atoms with Gasteiger partial charge in [0.05, 0.1) is 5.69 Å². The Balaban J connectivity index is 2.94. The Morgan fingerprint density at radius 1 is 1.50 bits per heavy atom. The second-order valence-corrected chi connectivity index (χ2v) is 3.57. The molecule has 2 radical (unpaired) electrons. The van der Waals surface area contributed by atoms with E-state index in [2.05, 4.69) is 0 Å². The molecule has 2 aromatic rings. The molecule has 0 aliphatic heterocycles. The Hall–Kier alpha value is -1.22. The Kier molecular flexibility index (Phi) is 2.12.